The number of nitrogens with one attached hydrogen (secondary N) is 2. The van der Waals surface area contributed by atoms with Crippen LogP contribution in [0.15, 0.2) is 66.9 Å². The van der Waals surface area contributed by atoms with Crippen LogP contribution in [0.4, 0.5) is 15.8 Å². The fraction of sp³-hybridized carbons (Fsp3) is 0.0952. The summed E-state index contributed by atoms with van der Waals surface area (Å²) in [7, 11) is 0. The van der Waals surface area contributed by atoms with Crippen LogP contribution in [0.5, 0.6) is 0 Å². The average Bonchev–Trinajstić information content (AvgIpc) is 2.70. The van der Waals surface area contributed by atoms with Crippen molar-refractivity contribution in [1.29, 1.82) is 5.26 Å². The number of amides is 1. The van der Waals surface area contributed by atoms with Crippen molar-refractivity contribution in [2.75, 3.05) is 17.2 Å². The van der Waals surface area contributed by atoms with Gasteiger partial charge in [-0.1, -0.05) is 30.3 Å². The van der Waals surface area contributed by atoms with Crippen LogP contribution in [0.25, 0.3) is 0 Å². The first-order chi connectivity index (χ1) is 13.2. The lowest BCUT2D eigenvalue weighted by molar-refractivity contribution is 0.102. The van der Waals surface area contributed by atoms with Crippen LogP contribution in [0, 0.1) is 17.1 Å². The lowest BCUT2D eigenvalue weighted by Gasteiger charge is -2.09. The second-order valence-corrected chi connectivity index (χ2v) is 5.81. The van der Waals surface area contributed by atoms with E-state index >= 15 is 0 Å². The molecule has 0 aliphatic rings. The lowest BCUT2D eigenvalue weighted by atomic mass is 10.1. The molecule has 27 heavy (non-hydrogen) atoms. The van der Waals surface area contributed by atoms with Gasteiger partial charge in [0.05, 0.1) is 11.3 Å². The Bertz CT molecular complexity index is 997. The molecule has 3 aromatic rings. The number of rotatable bonds is 6. The molecule has 0 unspecified atom stereocenters. The van der Waals surface area contributed by atoms with Gasteiger partial charge < -0.3 is 10.6 Å². The maximum atomic E-state index is 13.6. The fourth-order valence-corrected chi connectivity index (χ4v) is 2.58. The first kappa shape index (κ1) is 18.1. The molecule has 6 heteroatoms. The summed E-state index contributed by atoms with van der Waals surface area (Å²) in [6.45, 7) is 0.517. The van der Waals surface area contributed by atoms with Gasteiger partial charge in [-0.25, -0.2) is 4.39 Å². The number of para-hydroxylation sites is 1. The van der Waals surface area contributed by atoms with Gasteiger partial charge in [0, 0.05) is 18.4 Å². The van der Waals surface area contributed by atoms with E-state index < -0.39 is 5.91 Å². The first-order valence-electron chi connectivity index (χ1n) is 8.41. The van der Waals surface area contributed by atoms with E-state index in [9.17, 15) is 9.18 Å². The van der Waals surface area contributed by atoms with E-state index in [1.807, 2.05) is 6.07 Å². The quantitative estimate of drug-likeness (QED) is 0.696. The highest BCUT2D eigenvalue weighted by atomic mass is 19.1. The van der Waals surface area contributed by atoms with E-state index in [-0.39, 0.29) is 11.5 Å². The number of halogens is 1. The molecule has 0 bridgehead atoms. The summed E-state index contributed by atoms with van der Waals surface area (Å²) in [6.07, 6.45) is 2.04. The van der Waals surface area contributed by atoms with Crippen molar-refractivity contribution in [2.24, 2.45) is 0 Å². The summed E-state index contributed by atoms with van der Waals surface area (Å²) in [4.78, 5) is 16.5. The van der Waals surface area contributed by atoms with Gasteiger partial charge in [0.15, 0.2) is 0 Å². The SMILES string of the molecule is N#Cc1ccccc1NC(=O)c1cc(NCCc2ccccc2F)ccn1. The third-order valence-electron chi connectivity index (χ3n) is 3.97. The van der Waals surface area contributed by atoms with Crippen LogP contribution >= 0.6 is 0 Å². The Hall–Kier alpha value is -3.72. The van der Waals surface area contributed by atoms with Gasteiger partial charge in [0.25, 0.3) is 5.91 Å². The van der Waals surface area contributed by atoms with E-state index in [2.05, 4.69) is 15.6 Å². The molecule has 5 nitrogen and oxygen atoms in total. The smallest absolute Gasteiger partial charge is 0.274 e. The van der Waals surface area contributed by atoms with Crippen molar-refractivity contribution in [2.45, 2.75) is 6.42 Å². The monoisotopic (exact) mass is 360 g/mol. The van der Waals surface area contributed by atoms with Crippen LogP contribution in [0.3, 0.4) is 0 Å². The Morgan fingerprint density at radius 2 is 1.89 bits per heavy atom. The third-order valence-corrected chi connectivity index (χ3v) is 3.97. The number of benzene rings is 2. The van der Waals surface area contributed by atoms with Gasteiger partial charge >= 0.3 is 0 Å². The normalized spacial score (nSPS) is 10.1. The van der Waals surface area contributed by atoms with Crippen LogP contribution in [-0.2, 0) is 6.42 Å². The molecule has 0 saturated carbocycles. The molecule has 2 N–H and O–H groups in total. The number of carbonyl (C=O) groups is 1. The largest absolute Gasteiger partial charge is 0.385 e. The topological polar surface area (TPSA) is 77.8 Å². The van der Waals surface area contributed by atoms with Crippen molar-refractivity contribution in [1.82, 2.24) is 4.98 Å². The minimum atomic E-state index is -0.407. The minimum absolute atomic E-state index is 0.221. The van der Waals surface area contributed by atoms with Gasteiger partial charge in [-0.15, -0.1) is 0 Å². The highest BCUT2D eigenvalue weighted by molar-refractivity contribution is 6.04. The molecule has 1 heterocycles. The number of nitriles is 1. The molecule has 134 valence electrons. The molecule has 0 radical (unpaired) electrons. The molecule has 1 aromatic heterocycles. The van der Waals surface area contributed by atoms with E-state index in [1.54, 1.807) is 54.6 Å². The zero-order valence-electron chi connectivity index (χ0n) is 14.4. The molecule has 2 aromatic carbocycles. The van der Waals surface area contributed by atoms with Crippen molar-refractivity contribution in [3.8, 4) is 6.07 Å². The predicted molar refractivity (Wildman–Crippen MR) is 102 cm³/mol. The van der Waals surface area contributed by atoms with E-state index in [4.69, 9.17) is 5.26 Å². The van der Waals surface area contributed by atoms with Gasteiger partial charge in [0.2, 0.25) is 0 Å². The minimum Gasteiger partial charge on any atom is -0.385 e. The third kappa shape index (κ3) is 4.67. The number of carbonyl (C=O) groups excluding carboxylic acids is 1. The van der Waals surface area contributed by atoms with Crippen LogP contribution in [0.1, 0.15) is 21.6 Å². The van der Waals surface area contributed by atoms with E-state index in [0.29, 0.717) is 35.5 Å². The first-order valence-corrected chi connectivity index (χ1v) is 8.41. The van der Waals surface area contributed by atoms with Crippen molar-refractivity contribution in [3.63, 3.8) is 0 Å². The van der Waals surface area contributed by atoms with Crippen LogP contribution < -0.4 is 10.6 Å². The molecule has 0 fully saturated rings. The number of hydrogen-bond donors (Lipinski definition) is 2. The van der Waals surface area contributed by atoms with Gasteiger partial charge in [-0.3, -0.25) is 9.78 Å². The fourth-order valence-electron chi connectivity index (χ4n) is 2.58. The maximum absolute atomic E-state index is 13.6. The molecule has 0 spiro atoms. The van der Waals surface area contributed by atoms with Crippen molar-refractivity contribution in [3.05, 3.63) is 89.5 Å². The van der Waals surface area contributed by atoms with Crippen LogP contribution in [0.2, 0.25) is 0 Å². The molecule has 0 saturated heterocycles. The summed E-state index contributed by atoms with van der Waals surface area (Å²) < 4.78 is 13.6. The summed E-state index contributed by atoms with van der Waals surface area (Å²) >= 11 is 0. The number of hydrogen-bond acceptors (Lipinski definition) is 4. The zero-order valence-corrected chi connectivity index (χ0v) is 14.4. The summed E-state index contributed by atoms with van der Waals surface area (Å²) in [5, 5.41) is 15.0. The second kappa shape index (κ2) is 8.59. The Morgan fingerprint density at radius 1 is 1.11 bits per heavy atom. The highest BCUT2D eigenvalue weighted by Crippen LogP contribution is 2.16. The zero-order chi connectivity index (χ0) is 19.1. The van der Waals surface area contributed by atoms with Gasteiger partial charge in [-0.05, 0) is 42.3 Å². The van der Waals surface area contributed by atoms with E-state index in [0.717, 1.165) is 0 Å². The number of anilines is 2. The Labute approximate surface area is 156 Å². The Kier molecular flexibility index (Phi) is 5.75. The van der Waals surface area contributed by atoms with Crippen LogP contribution in [-0.4, -0.2) is 17.4 Å². The standard InChI is InChI=1S/C21H17FN4O/c22-18-7-3-1-5-15(18)9-11-24-17-10-12-25-20(13-17)21(27)26-19-8-4-2-6-16(19)14-23/h1-8,10,12-13H,9,11H2,(H,24,25)(H,26,27). The second-order valence-electron chi connectivity index (χ2n) is 5.81. The predicted octanol–water partition coefficient (Wildman–Crippen LogP) is 4.00. The molecule has 1 amide bonds. The summed E-state index contributed by atoms with van der Waals surface area (Å²) in [5.74, 6) is -0.638. The average molecular weight is 360 g/mol. The van der Waals surface area contributed by atoms with Crippen molar-refractivity contribution >= 4 is 17.3 Å². The Balaban J connectivity index is 1.64. The summed E-state index contributed by atoms with van der Waals surface area (Å²) in [5.41, 5.74) is 2.37. The Morgan fingerprint density at radius 3 is 2.70 bits per heavy atom. The van der Waals surface area contributed by atoms with Gasteiger partial charge in [0.1, 0.15) is 17.6 Å². The molecule has 0 atom stereocenters. The molecule has 3 rings (SSSR count). The molecular formula is C21H17FN4O. The lowest BCUT2D eigenvalue weighted by Crippen LogP contribution is -2.15. The van der Waals surface area contributed by atoms with Crippen molar-refractivity contribution < 1.29 is 9.18 Å². The maximum Gasteiger partial charge on any atom is 0.274 e. The number of aromatic nitrogens is 1. The highest BCUT2D eigenvalue weighted by Gasteiger charge is 2.11. The molecule has 0 aliphatic carbocycles. The summed E-state index contributed by atoms with van der Waals surface area (Å²) in [6, 6.07) is 18.8. The van der Waals surface area contributed by atoms with Gasteiger partial charge in [-0.2, -0.15) is 5.26 Å². The van der Waals surface area contributed by atoms with E-state index in [1.165, 1.54) is 12.3 Å². The molecule has 0 aliphatic heterocycles. The number of nitrogens with zero attached hydrogens (tertiary/aromatic N) is 2. The molecular weight excluding hydrogens is 343 g/mol. The number of pyridine rings is 1.